The van der Waals surface area contributed by atoms with E-state index < -0.39 is 28.8 Å². The van der Waals surface area contributed by atoms with Gasteiger partial charge in [0.15, 0.2) is 11.1 Å². The Morgan fingerprint density at radius 3 is 2.48 bits per heavy atom. The van der Waals surface area contributed by atoms with E-state index in [1.165, 1.54) is 12.1 Å². The van der Waals surface area contributed by atoms with Crippen LogP contribution in [-0.4, -0.2) is 17.8 Å². The molecule has 1 aliphatic rings. The van der Waals surface area contributed by atoms with Crippen LogP contribution in [0.25, 0.3) is 17.0 Å². The molecule has 2 aromatic carbocycles. The summed E-state index contributed by atoms with van der Waals surface area (Å²) in [6.45, 7) is 1.77. The van der Waals surface area contributed by atoms with Crippen LogP contribution in [-0.2, 0) is 4.79 Å². The molecule has 5 nitrogen and oxygen atoms in total. The number of amides is 1. The number of rotatable bonds is 2. The highest BCUT2D eigenvalue weighted by Gasteiger charge is 2.46. The zero-order valence-corrected chi connectivity index (χ0v) is 15.0. The van der Waals surface area contributed by atoms with Gasteiger partial charge in [-0.2, -0.15) is 23.3 Å². The van der Waals surface area contributed by atoms with Crippen molar-refractivity contribution < 1.29 is 22.4 Å². The van der Waals surface area contributed by atoms with Crippen molar-refractivity contribution in [3.63, 3.8) is 0 Å². The number of halogens is 3. The van der Waals surface area contributed by atoms with Crippen LogP contribution >= 0.6 is 0 Å². The van der Waals surface area contributed by atoms with Gasteiger partial charge in [-0.1, -0.05) is 29.8 Å². The Balaban J connectivity index is 1.87. The Morgan fingerprint density at radius 1 is 1.07 bits per heavy atom. The van der Waals surface area contributed by atoms with E-state index in [1.807, 2.05) is 0 Å². The molecule has 29 heavy (non-hydrogen) atoms. The number of aryl methyl sites for hydroxylation is 1. The second-order valence-electron chi connectivity index (χ2n) is 6.48. The molecule has 0 spiro atoms. The lowest BCUT2D eigenvalue weighted by Crippen LogP contribution is -2.25. The summed E-state index contributed by atoms with van der Waals surface area (Å²) in [7, 11) is 0. The predicted molar refractivity (Wildman–Crippen MR) is 103 cm³/mol. The number of hydrogen-bond donors (Lipinski definition) is 0. The average Bonchev–Trinajstić information content (AvgIpc) is 3.02. The summed E-state index contributed by atoms with van der Waals surface area (Å²) in [5.74, 6) is -0.979. The topological polar surface area (TPSA) is 62.9 Å². The van der Waals surface area contributed by atoms with Crippen molar-refractivity contribution in [2.24, 2.45) is 5.10 Å². The molecule has 0 saturated carbocycles. The molecular weight excluding hydrogens is 385 g/mol. The van der Waals surface area contributed by atoms with Crippen molar-refractivity contribution in [1.82, 2.24) is 0 Å². The molecule has 0 fully saturated rings. The Hall–Kier alpha value is -3.68. The summed E-state index contributed by atoms with van der Waals surface area (Å²) < 4.78 is 46.0. The third-order valence-electron chi connectivity index (χ3n) is 4.40. The van der Waals surface area contributed by atoms with Gasteiger partial charge in [-0.05, 0) is 37.3 Å². The second kappa shape index (κ2) is 6.73. The van der Waals surface area contributed by atoms with Gasteiger partial charge in [0.2, 0.25) is 0 Å². The van der Waals surface area contributed by atoms with Crippen molar-refractivity contribution in [2.45, 2.75) is 13.1 Å². The van der Waals surface area contributed by atoms with Gasteiger partial charge in [0.05, 0.1) is 22.2 Å². The molecule has 0 unspecified atom stereocenters. The van der Waals surface area contributed by atoms with Gasteiger partial charge in [-0.15, -0.1) is 0 Å². The van der Waals surface area contributed by atoms with E-state index in [0.717, 1.165) is 17.9 Å². The number of benzene rings is 2. The van der Waals surface area contributed by atoms with Crippen LogP contribution in [0.5, 0.6) is 0 Å². The van der Waals surface area contributed by atoms with Crippen molar-refractivity contribution in [3.05, 3.63) is 81.7 Å². The minimum absolute atomic E-state index is 0.168. The molecule has 0 saturated heterocycles. The van der Waals surface area contributed by atoms with Crippen LogP contribution in [0, 0.1) is 6.92 Å². The highest BCUT2D eigenvalue weighted by molar-refractivity contribution is 6.34. The van der Waals surface area contributed by atoms with Crippen molar-refractivity contribution in [1.29, 1.82) is 0 Å². The maximum atomic E-state index is 13.5. The highest BCUT2D eigenvalue weighted by Crippen LogP contribution is 2.32. The number of nitrogens with zero attached hydrogens (tertiary/aromatic N) is 2. The Labute approximate surface area is 162 Å². The fourth-order valence-electron chi connectivity index (χ4n) is 3.01. The monoisotopic (exact) mass is 398 g/mol. The first-order chi connectivity index (χ1) is 13.8. The quantitative estimate of drug-likeness (QED) is 0.599. The predicted octanol–water partition coefficient (Wildman–Crippen LogP) is 4.45. The lowest BCUT2D eigenvalue weighted by molar-refractivity contribution is -0.114. The number of anilines is 1. The second-order valence-corrected chi connectivity index (χ2v) is 6.48. The molecule has 0 N–H and O–H groups in total. The van der Waals surface area contributed by atoms with Gasteiger partial charge in [-0.3, -0.25) is 9.59 Å². The van der Waals surface area contributed by atoms with E-state index in [9.17, 15) is 22.8 Å². The molecule has 0 atom stereocenters. The number of hydrazone groups is 1. The molecule has 1 aromatic heterocycles. The van der Waals surface area contributed by atoms with Gasteiger partial charge >= 0.3 is 6.18 Å². The van der Waals surface area contributed by atoms with Crippen LogP contribution in [0.4, 0.5) is 18.9 Å². The minimum Gasteiger partial charge on any atom is -0.463 e. The molecule has 0 radical (unpaired) electrons. The van der Waals surface area contributed by atoms with Gasteiger partial charge < -0.3 is 4.42 Å². The number of fused-ring (bicyclic) bond motifs is 1. The van der Waals surface area contributed by atoms with Crippen molar-refractivity contribution >= 4 is 34.4 Å². The Morgan fingerprint density at radius 2 is 1.79 bits per heavy atom. The van der Waals surface area contributed by atoms with Gasteiger partial charge in [-0.25, -0.2) is 0 Å². The summed E-state index contributed by atoms with van der Waals surface area (Å²) in [6, 6.07) is 12.7. The summed E-state index contributed by atoms with van der Waals surface area (Å²) in [5, 5.41) is 4.35. The zero-order chi connectivity index (χ0) is 20.8. The van der Waals surface area contributed by atoms with E-state index in [-0.39, 0.29) is 16.6 Å². The highest BCUT2D eigenvalue weighted by atomic mass is 19.4. The lowest BCUT2D eigenvalue weighted by atomic mass is 10.0. The number of carbonyl (C=O) groups is 1. The number of hydrogen-bond acceptors (Lipinski definition) is 4. The van der Waals surface area contributed by atoms with Crippen molar-refractivity contribution in [3.8, 4) is 0 Å². The molecule has 0 aliphatic carbocycles. The molecule has 1 amide bonds. The maximum Gasteiger partial charge on any atom is 0.435 e. The number of para-hydroxylation sites is 1. The first-order valence-electron chi connectivity index (χ1n) is 8.55. The fraction of sp³-hybridized carbons (Fsp3) is 0.0952. The smallest absolute Gasteiger partial charge is 0.435 e. The van der Waals surface area contributed by atoms with Gasteiger partial charge in [0, 0.05) is 0 Å². The third kappa shape index (κ3) is 3.33. The molecular formula is C21H13F3N2O3. The molecule has 8 heteroatoms. The van der Waals surface area contributed by atoms with E-state index >= 15 is 0 Å². The van der Waals surface area contributed by atoms with Crippen LogP contribution in [0.1, 0.15) is 11.1 Å². The summed E-state index contributed by atoms with van der Waals surface area (Å²) in [6.07, 6.45) is -2.96. The maximum absolute atomic E-state index is 13.5. The average molecular weight is 398 g/mol. The van der Waals surface area contributed by atoms with Crippen LogP contribution in [0.3, 0.4) is 0 Å². The summed E-state index contributed by atoms with van der Waals surface area (Å²) in [4.78, 5) is 25.4. The molecule has 3 aromatic rings. The molecule has 146 valence electrons. The number of alkyl halides is 3. The zero-order valence-electron chi connectivity index (χ0n) is 15.0. The molecule has 1 aliphatic heterocycles. The molecule has 2 heterocycles. The van der Waals surface area contributed by atoms with Crippen LogP contribution in [0.2, 0.25) is 0 Å². The lowest BCUT2D eigenvalue weighted by Gasteiger charge is -2.10. The normalized spacial score (nSPS) is 16.0. The molecule has 4 rings (SSSR count). The Bertz CT molecular complexity index is 1240. The van der Waals surface area contributed by atoms with Crippen LogP contribution < -0.4 is 10.4 Å². The SMILES string of the molecule is Cc1ccc2occ(/C=C3\C(=O)N(c4ccccc4)N=C3C(F)(F)F)c(=O)c2c1. The number of carbonyl (C=O) groups excluding carboxylic acids is 1. The third-order valence-corrected chi connectivity index (χ3v) is 4.40. The van der Waals surface area contributed by atoms with E-state index in [4.69, 9.17) is 4.42 Å². The fourth-order valence-corrected chi connectivity index (χ4v) is 3.01. The first-order valence-corrected chi connectivity index (χ1v) is 8.55. The van der Waals surface area contributed by atoms with Crippen molar-refractivity contribution in [2.75, 3.05) is 5.01 Å². The summed E-state index contributed by atoms with van der Waals surface area (Å²) in [5.41, 5.74) is -1.51. The summed E-state index contributed by atoms with van der Waals surface area (Å²) >= 11 is 0. The van der Waals surface area contributed by atoms with E-state index in [2.05, 4.69) is 5.10 Å². The Kier molecular flexibility index (Phi) is 4.34. The largest absolute Gasteiger partial charge is 0.463 e. The van der Waals surface area contributed by atoms with Gasteiger partial charge in [0.25, 0.3) is 5.91 Å². The first kappa shape index (κ1) is 18.7. The van der Waals surface area contributed by atoms with Gasteiger partial charge in [0.1, 0.15) is 11.8 Å². The van der Waals surface area contributed by atoms with E-state index in [0.29, 0.717) is 10.6 Å². The van der Waals surface area contributed by atoms with Crippen LogP contribution in [0.15, 0.2) is 74.7 Å². The minimum atomic E-state index is -4.88. The van der Waals surface area contributed by atoms with E-state index in [1.54, 1.807) is 43.3 Å². The standard InChI is InChI=1S/C21H13F3N2O3/c1-12-7-8-17-15(9-12)18(27)13(11-29-17)10-16-19(21(22,23)24)25-26(20(16)28)14-5-3-2-4-6-14/h2-11H,1H3/b16-10-. The molecule has 0 bridgehead atoms.